The lowest BCUT2D eigenvalue weighted by Gasteiger charge is -2.31. The Labute approximate surface area is 131 Å². The smallest absolute Gasteiger partial charge is 0.227 e. The van der Waals surface area contributed by atoms with Crippen molar-refractivity contribution in [1.82, 2.24) is 4.90 Å². The molecule has 0 aromatic heterocycles. The van der Waals surface area contributed by atoms with Crippen molar-refractivity contribution in [3.05, 3.63) is 34.9 Å². The van der Waals surface area contributed by atoms with Gasteiger partial charge >= 0.3 is 0 Å². The topological polar surface area (TPSA) is 63.4 Å². The van der Waals surface area contributed by atoms with Crippen LogP contribution in [0.25, 0.3) is 0 Å². The van der Waals surface area contributed by atoms with Gasteiger partial charge in [0.15, 0.2) is 0 Å². The quantitative estimate of drug-likeness (QED) is 0.925. The number of rotatable bonds is 3. The number of hydrogen-bond donors (Lipinski definition) is 1. The van der Waals surface area contributed by atoms with Gasteiger partial charge in [-0.25, -0.2) is 0 Å². The highest BCUT2D eigenvalue weighted by molar-refractivity contribution is 5.81. The average Bonchev–Trinajstić information content (AvgIpc) is 2.55. The Morgan fingerprint density at radius 1 is 1.14 bits per heavy atom. The van der Waals surface area contributed by atoms with Crippen molar-refractivity contribution >= 4 is 11.8 Å². The first-order chi connectivity index (χ1) is 10.6. The predicted molar refractivity (Wildman–Crippen MR) is 85.3 cm³/mol. The Balaban J connectivity index is 1.65. The number of benzene rings is 1. The molecule has 4 heteroatoms. The number of carbonyl (C=O) groups excluding carboxylic acids is 2. The molecule has 0 spiro atoms. The van der Waals surface area contributed by atoms with Crippen molar-refractivity contribution in [2.75, 3.05) is 13.1 Å². The van der Waals surface area contributed by atoms with Gasteiger partial charge in [-0.15, -0.1) is 0 Å². The second-order valence-electron chi connectivity index (χ2n) is 6.57. The van der Waals surface area contributed by atoms with E-state index in [0.29, 0.717) is 13.0 Å². The van der Waals surface area contributed by atoms with Gasteiger partial charge in [0.1, 0.15) is 0 Å². The van der Waals surface area contributed by atoms with Crippen LogP contribution < -0.4 is 5.73 Å². The first-order valence-electron chi connectivity index (χ1n) is 8.31. The summed E-state index contributed by atoms with van der Waals surface area (Å²) in [5, 5.41) is 0. The molecule has 22 heavy (non-hydrogen) atoms. The third kappa shape index (κ3) is 3.32. The molecule has 0 saturated carbocycles. The first kappa shape index (κ1) is 15.1. The molecule has 1 heterocycles. The summed E-state index contributed by atoms with van der Waals surface area (Å²) >= 11 is 0. The molecule has 1 aromatic carbocycles. The minimum absolute atomic E-state index is 0.113. The van der Waals surface area contributed by atoms with Crippen molar-refractivity contribution in [3.63, 3.8) is 0 Å². The zero-order valence-corrected chi connectivity index (χ0v) is 13.0. The highest BCUT2D eigenvalue weighted by atomic mass is 16.2. The van der Waals surface area contributed by atoms with Gasteiger partial charge in [0, 0.05) is 13.1 Å². The number of aryl methyl sites for hydroxylation is 2. The number of primary amides is 1. The fourth-order valence-corrected chi connectivity index (χ4v) is 3.62. The van der Waals surface area contributed by atoms with Crippen molar-refractivity contribution in [2.24, 2.45) is 11.7 Å². The molecule has 2 N–H and O–H groups in total. The van der Waals surface area contributed by atoms with E-state index in [0.717, 1.165) is 37.8 Å². The number of likely N-dealkylation sites (tertiary alicyclic amines) is 1. The molecule has 118 valence electrons. The average molecular weight is 300 g/mol. The number of amides is 2. The summed E-state index contributed by atoms with van der Waals surface area (Å²) in [5.74, 6) is -0.353. The molecular weight excluding hydrogens is 276 g/mol. The van der Waals surface area contributed by atoms with Crippen molar-refractivity contribution in [1.29, 1.82) is 0 Å². The minimum Gasteiger partial charge on any atom is -0.369 e. The van der Waals surface area contributed by atoms with E-state index in [4.69, 9.17) is 5.73 Å². The molecule has 2 aliphatic rings. The third-order valence-electron chi connectivity index (χ3n) is 4.94. The zero-order chi connectivity index (χ0) is 15.5. The van der Waals surface area contributed by atoms with Gasteiger partial charge in [0.05, 0.1) is 12.3 Å². The van der Waals surface area contributed by atoms with Crippen LogP contribution in [0.1, 0.15) is 42.4 Å². The van der Waals surface area contributed by atoms with Gasteiger partial charge in [0.25, 0.3) is 0 Å². The van der Waals surface area contributed by atoms with E-state index < -0.39 is 0 Å². The molecule has 1 saturated heterocycles. The number of carbonyl (C=O) groups is 2. The van der Waals surface area contributed by atoms with Crippen LogP contribution in [-0.4, -0.2) is 29.8 Å². The number of piperidine rings is 1. The lowest BCUT2D eigenvalue weighted by atomic mass is 9.90. The van der Waals surface area contributed by atoms with E-state index >= 15 is 0 Å². The summed E-state index contributed by atoms with van der Waals surface area (Å²) in [4.78, 5) is 25.6. The van der Waals surface area contributed by atoms with Gasteiger partial charge in [-0.1, -0.05) is 18.2 Å². The monoisotopic (exact) mass is 300 g/mol. The number of hydrogen-bond acceptors (Lipinski definition) is 2. The van der Waals surface area contributed by atoms with Crippen LogP contribution in [0.3, 0.4) is 0 Å². The normalized spacial score (nSPS) is 21.3. The van der Waals surface area contributed by atoms with Gasteiger partial charge in [0.2, 0.25) is 11.8 Å². The molecule has 3 rings (SSSR count). The molecule has 4 nitrogen and oxygen atoms in total. The molecule has 1 fully saturated rings. The zero-order valence-electron chi connectivity index (χ0n) is 13.0. The fourth-order valence-electron chi connectivity index (χ4n) is 3.62. The molecule has 1 aliphatic heterocycles. The van der Waals surface area contributed by atoms with E-state index in [1.54, 1.807) is 4.90 Å². The van der Waals surface area contributed by atoms with Crippen molar-refractivity contribution < 1.29 is 9.59 Å². The maximum absolute atomic E-state index is 12.5. The first-order valence-corrected chi connectivity index (χ1v) is 8.31. The Bertz CT molecular complexity index is 582. The second kappa shape index (κ2) is 6.51. The van der Waals surface area contributed by atoms with Gasteiger partial charge in [-0.3, -0.25) is 9.59 Å². The SMILES string of the molecule is NC(=O)C1CCCN(C(=O)Cc2ccc3c(c2)CCCC3)C1. The van der Waals surface area contributed by atoms with Crippen molar-refractivity contribution in [3.8, 4) is 0 Å². The molecule has 1 atom stereocenters. The highest BCUT2D eigenvalue weighted by Crippen LogP contribution is 2.23. The van der Waals surface area contributed by atoms with Crippen LogP contribution in [0, 0.1) is 5.92 Å². The lowest BCUT2D eigenvalue weighted by Crippen LogP contribution is -2.44. The minimum atomic E-state index is -0.286. The molecule has 1 aliphatic carbocycles. The Morgan fingerprint density at radius 2 is 1.91 bits per heavy atom. The Morgan fingerprint density at radius 3 is 2.68 bits per heavy atom. The second-order valence-corrected chi connectivity index (χ2v) is 6.57. The van der Waals surface area contributed by atoms with Crippen LogP contribution in [0.2, 0.25) is 0 Å². The number of fused-ring (bicyclic) bond motifs is 1. The van der Waals surface area contributed by atoms with Crippen molar-refractivity contribution in [2.45, 2.75) is 44.9 Å². The predicted octanol–water partition coefficient (Wildman–Crippen LogP) is 1.83. The van der Waals surface area contributed by atoms with Gasteiger partial charge in [-0.05, 0) is 55.2 Å². The molecule has 1 unspecified atom stereocenters. The fraction of sp³-hybridized carbons (Fsp3) is 0.556. The van der Waals surface area contributed by atoms with E-state index in [2.05, 4.69) is 18.2 Å². The molecular formula is C18H24N2O2. The summed E-state index contributed by atoms with van der Waals surface area (Å²) < 4.78 is 0. The van der Waals surface area contributed by atoms with E-state index in [1.165, 1.54) is 24.0 Å². The molecule has 1 aromatic rings. The standard InChI is InChI=1S/C18H24N2O2/c19-18(22)16-6-3-9-20(12-16)17(21)11-13-7-8-14-4-1-2-5-15(14)10-13/h7-8,10,16H,1-6,9,11-12H2,(H2,19,22). The maximum atomic E-state index is 12.5. The number of nitrogens with zero attached hydrogens (tertiary/aromatic N) is 1. The lowest BCUT2D eigenvalue weighted by molar-refractivity contribution is -0.134. The molecule has 0 bridgehead atoms. The number of nitrogens with two attached hydrogens (primary N) is 1. The summed E-state index contributed by atoms with van der Waals surface area (Å²) in [7, 11) is 0. The van der Waals surface area contributed by atoms with Crippen LogP contribution in [0.5, 0.6) is 0 Å². The van der Waals surface area contributed by atoms with E-state index in [-0.39, 0.29) is 17.7 Å². The van der Waals surface area contributed by atoms with E-state index in [9.17, 15) is 9.59 Å². The third-order valence-corrected chi connectivity index (χ3v) is 4.94. The Hall–Kier alpha value is -1.84. The van der Waals surface area contributed by atoms with Crippen LogP contribution in [-0.2, 0) is 28.9 Å². The largest absolute Gasteiger partial charge is 0.369 e. The Kier molecular flexibility index (Phi) is 4.46. The molecule has 0 radical (unpaired) electrons. The molecule has 2 amide bonds. The van der Waals surface area contributed by atoms with Gasteiger partial charge < -0.3 is 10.6 Å². The van der Waals surface area contributed by atoms with Crippen LogP contribution in [0.4, 0.5) is 0 Å². The van der Waals surface area contributed by atoms with Crippen LogP contribution >= 0.6 is 0 Å². The highest BCUT2D eigenvalue weighted by Gasteiger charge is 2.26. The summed E-state index contributed by atoms with van der Waals surface area (Å²) in [6, 6.07) is 6.46. The maximum Gasteiger partial charge on any atom is 0.227 e. The summed E-state index contributed by atoms with van der Waals surface area (Å²) in [6.07, 6.45) is 6.91. The van der Waals surface area contributed by atoms with Gasteiger partial charge in [-0.2, -0.15) is 0 Å². The van der Waals surface area contributed by atoms with Crippen LogP contribution in [0.15, 0.2) is 18.2 Å². The summed E-state index contributed by atoms with van der Waals surface area (Å²) in [6.45, 7) is 1.23. The van der Waals surface area contributed by atoms with E-state index in [1.807, 2.05) is 0 Å². The summed E-state index contributed by atoms with van der Waals surface area (Å²) in [5.41, 5.74) is 9.32.